The number of aromatic nitrogens is 3. The highest BCUT2D eigenvalue weighted by Crippen LogP contribution is 2.45. The fourth-order valence-electron chi connectivity index (χ4n) is 3.90. The first-order valence-corrected chi connectivity index (χ1v) is 8.62. The third-order valence-corrected chi connectivity index (χ3v) is 5.37. The van der Waals surface area contributed by atoms with Crippen LogP contribution in [0.15, 0.2) is 6.20 Å². The van der Waals surface area contributed by atoms with E-state index in [1.165, 1.54) is 51.6 Å². The Morgan fingerprint density at radius 2 is 1.90 bits per heavy atom. The molecule has 0 bridgehead atoms. The minimum absolute atomic E-state index is 0.725. The number of nitrogens with zero attached hydrogens (tertiary/aromatic N) is 4. The molecule has 1 aromatic rings. The molecular formula is C16H29N5. The first-order valence-electron chi connectivity index (χ1n) is 8.62. The molecule has 3 rings (SSSR count). The lowest BCUT2D eigenvalue weighted by Gasteiger charge is -2.39. The summed E-state index contributed by atoms with van der Waals surface area (Å²) in [7, 11) is 0. The van der Waals surface area contributed by atoms with E-state index in [4.69, 9.17) is 0 Å². The van der Waals surface area contributed by atoms with Crippen LogP contribution in [0.5, 0.6) is 0 Å². The molecule has 1 spiro atoms. The zero-order chi connectivity index (χ0) is 14.5. The van der Waals surface area contributed by atoms with Crippen LogP contribution in [0.2, 0.25) is 0 Å². The fraction of sp³-hybridized carbons (Fsp3) is 0.875. The quantitative estimate of drug-likeness (QED) is 0.871. The molecule has 1 aromatic heterocycles. The van der Waals surface area contributed by atoms with Crippen molar-refractivity contribution < 1.29 is 0 Å². The molecule has 1 N–H and O–H groups in total. The Labute approximate surface area is 128 Å². The van der Waals surface area contributed by atoms with Crippen molar-refractivity contribution in [3.05, 3.63) is 11.9 Å². The van der Waals surface area contributed by atoms with E-state index in [1.807, 2.05) is 4.68 Å². The van der Waals surface area contributed by atoms with Crippen molar-refractivity contribution in [2.24, 2.45) is 5.41 Å². The van der Waals surface area contributed by atoms with Gasteiger partial charge in [-0.05, 0) is 50.7 Å². The number of hydrogen-bond donors (Lipinski definition) is 1. The van der Waals surface area contributed by atoms with Crippen molar-refractivity contribution >= 4 is 0 Å². The van der Waals surface area contributed by atoms with E-state index >= 15 is 0 Å². The van der Waals surface area contributed by atoms with E-state index in [1.54, 1.807) is 0 Å². The van der Waals surface area contributed by atoms with E-state index in [0.717, 1.165) is 37.3 Å². The van der Waals surface area contributed by atoms with Crippen LogP contribution >= 0.6 is 0 Å². The topological polar surface area (TPSA) is 46.0 Å². The van der Waals surface area contributed by atoms with Crippen molar-refractivity contribution in [1.82, 2.24) is 25.2 Å². The Hall–Kier alpha value is -0.940. The highest BCUT2D eigenvalue weighted by atomic mass is 15.4. The van der Waals surface area contributed by atoms with Gasteiger partial charge in [-0.25, -0.2) is 0 Å². The van der Waals surface area contributed by atoms with Crippen LogP contribution in [0.1, 0.15) is 51.1 Å². The SMILES string of the molecule is CCNCc1cn(CCN2CCC3(CCCC3)CC2)nn1. The van der Waals surface area contributed by atoms with Crippen LogP contribution in [0, 0.1) is 5.41 Å². The predicted molar refractivity (Wildman–Crippen MR) is 84.0 cm³/mol. The second-order valence-electron chi connectivity index (χ2n) is 6.80. The van der Waals surface area contributed by atoms with Gasteiger partial charge in [0, 0.05) is 19.3 Å². The molecule has 21 heavy (non-hydrogen) atoms. The number of hydrogen-bond acceptors (Lipinski definition) is 4. The summed E-state index contributed by atoms with van der Waals surface area (Å²) in [5, 5.41) is 11.7. The largest absolute Gasteiger partial charge is 0.311 e. The van der Waals surface area contributed by atoms with Crippen LogP contribution in [0.4, 0.5) is 0 Å². The summed E-state index contributed by atoms with van der Waals surface area (Å²) in [4.78, 5) is 2.61. The molecule has 118 valence electrons. The maximum absolute atomic E-state index is 4.22. The third kappa shape index (κ3) is 3.83. The summed E-state index contributed by atoms with van der Waals surface area (Å²) >= 11 is 0. The Morgan fingerprint density at radius 3 is 2.62 bits per heavy atom. The summed E-state index contributed by atoms with van der Waals surface area (Å²) in [6.45, 7) is 8.53. The monoisotopic (exact) mass is 291 g/mol. The van der Waals surface area contributed by atoms with Crippen molar-refractivity contribution in [1.29, 1.82) is 0 Å². The molecule has 0 radical (unpaired) electrons. The van der Waals surface area contributed by atoms with E-state index in [9.17, 15) is 0 Å². The van der Waals surface area contributed by atoms with Crippen LogP contribution in [0.25, 0.3) is 0 Å². The molecular weight excluding hydrogens is 262 g/mol. The minimum Gasteiger partial charge on any atom is -0.311 e. The van der Waals surface area contributed by atoms with Crippen molar-refractivity contribution in [3.63, 3.8) is 0 Å². The van der Waals surface area contributed by atoms with Gasteiger partial charge in [0.1, 0.15) is 0 Å². The molecule has 2 heterocycles. The molecule has 2 fully saturated rings. The second-order valence-corrected chi connectivity index (χ2v) is 6.80. The maximum atomic E-state index is 4.22. The Morgan fingerprint density at radius 1 is 1.14 bits per heavy atom. The average molecular weight is 291 g/mol. The summed E-state index contributed by atoms with van der Waals surface area (Å²) in [5.74, 6) is 0. The molecule has 5 heteroatoms. The number of piperidine rings is 1. The van der Waals surface area contributed by atoms with Gasteiger partial charge in [-0.3, -0.25) is 4.68 Å². The van der Waals surface area contributed by atoms with Gasteiger partial charge >= 0.3 is 0 Å². The van der Waals surface area contributed by atoms with Crippen molar-refractivity contribution in [3.8, 4) is 0 Å². The molecule has 1 saturated heterocycles. The van der Waals surface area contributed by atoms with E-state index < -0.39 is 0 Å². The summed E-state index contributed by atoms with van der Waals surface area (Å²) in [6, 6.07) is 0. The molecule has 1 aliphatic carbocycles. The van der Waals surface area contributed by atoms with E-state index in [-0.39, 0.29) is 0 Å². The van der Waals surface area contributed by atoms with Gasteiger partial charge in [0.15, 0.2) is 0 Å². The third-order valence-electron chi connectivity index (χ3n) is 5.37. The van der Waals surface area contributed by atoms with Gasteiger partial charge in [0.25, 0.3) is 0 Å². The average Bonchev–Trinajstić information content (AvgIpc) is 3.15. The number of likely N-dealkylation sites (tertiary alicyclic amines) is 1. The van der Waals surface area contributed by atoms with Gasteiger partial charge in [0.05, 0.1) is 12.2 Å². The lowest BCUT2D eigenvalue weighted by atomic mass is 9.77. The molecule has 5 nitrogen and oxygen atoms in total. The highest BCUT2D eigenvalue weighted by molar-refractivity contribution is 4.92. The fourth-order valence-corrected chi connectivity index (χ4v) is 3.90. The normalized spacial score (nSPS) is 22.1. The predicted octanol–water partition coefficient (Wildman–Crippen LogP) is 2.04. The second kappa shape index (κ2) is 6.88. The first-order chi connectivity index (χ1) is 10.3. The molecule has 2 aliphatic rings. The van der Waals surface area contributed by atoms with Crippen LogP contribution in [0.3, 0.4) is 0 Å². The van der Waals surface area contributed by atoms with Gasteiger partial charge in [-0.1, -0.05) is 25.0 Å². The molecule has 0 amide bonds. The van der Waals surface area contributed by atoms with E-state index in [2.05, 4.69) is 33.6 Å². The smallest absolute Gasteiger partial charge is 0.0964 e. The van der Waals surface area contributed by atoms with Gasteiger partial charge in [-0.15, -0.1) is 5.10 Å². The Balaban J connectivity index is 1.40. The lowest BCUT2D eigenvalue weighted by Crippen LogP contribution is -2.40. The van der Waals surface area contributed by atoms with Crippen molar-refractivity contribution in [2.75, 3.05) is 26.2 Å². The molecule has 0 unspecified atom stereocenters. The highest BCUT2D eigenvalue weighted by Gasteiger charge is 2.36. The molecule has 0 atom stereocenters. The number of nitrogens with one attached hydrogen (secondary N) is 1. The van der Waals surface area contributed by atoms with E-state index in [0.29, 0.717) is 0 Å². The maximum Gasteiger partial charge on any atom is 0.0964 e. The van der Waals surface area contributed by atoms with Crippen LogP contribution in [-0.2, 0) is 13.1 Å². The first kappa shape index (κ1) is 15.0. The number of rotatable bonds is 6. The summed E-state index contributed by atoms with van der Waals surface area (Å²) in [5.41, 5.74) is 1.77. The molecule has 1 saturated carbocycles. The lowest BCUT2D eigenvalue weighted by molar-refractivity contribution is 0.105. The van der Waals surface area contributed by atoms with Gasteiger partial charge in [0.2, 0.25) is 0 Å². The van der Waals surface area contributed by atoms with Crippen molar-refractivity contribution in [2.45, 2.75) is 58.5 Å². The Bertz CT molecular complexity index is 426. The standard InChI is InChI=1S/C16H29N5/c1-2-17-13-15-14-21(19-18-15)12-11-20-9-7-16(8-10-20)5-3-4-6-16/h14,17H,2-13H2,1H3. The molecule has 0 aromatic carbocycles. The zero-order valence-electron chi connectivity index (χ0n) is 13.4. The van der Waals surface area contributed by atoms with Gasteiger partial charge in [-0.2, -0.15) is 0 Å². The van der Waals surface area contributed by atoms with Crippen LogP contribution < -0.4 is 5.32 Å². The zero-order valence-corrected chi connectivity index (χ0v) is 13.4. The summed E-state index contributed by atoms with van der Waals surface area (Å²) < 4.78 is 1.99. The molecule has 1 aliphatic heterocycles. The summed E-state index contributed by atoms with van der Waals surface area (Å²) in [6.07, 6.45) is 10.8. The minimum atomic E-state index is 0.725. The Kier molecular flexibility index (Phi) is 4.91. The van der Waals surface area contributed by atoms with Crippen LogP contribution in [-0.4, -0.2) is 46.1 Å². The van der Waals surface area contributed by atoms with Gasteiger partial charge < -0.3 is 10.2 Å².